The van der Waals surface area contributed by atoms with Gasteiger partial charge in [0.05, 0.1) is 13.0 Å². The van der Waals surface area contributed by atoms with Gasteiger partial charge in [-0.3, -0.25) is 9.69 Å². The fourth-order valence-electron chi connectivity index (χ4n) is 4.19. The van der Waals surface area contributed by atoms with Crippen molar-refractivity contribution in [3.05, 3.63) is 64.7 Å². The first-order valence-electron chi connectivity index (χ1n) is 10.6. The maximum Gasteiger partial charge on any atom is 0.224 e. The van der Waals surface area contributed by atoms with Crippen LogP contribution in [0.15, 0.2) is 42.5 Å². The van der Waals surface area contributed by atoms with Crippen LogP contribution in [0.25, 0.3) is 0 Å². The Hall–Kier alpha value is -2.33. The van der Waals surface area contributed by atoms with E-state index in [4.69, 9.17) is 4.74 Å². The molecule has 0 spiro atoms. The molecule has 2 aromatic rings. The van der Waals surface area contributed by atoms with Gasteiger partial charge in [-0.15, -0.1) is 0 Å². The molecule has 0 atom stereocenters. The van der Waals surface area contributed by atoms with Gasteiger partial charge in [-0.25, -0.2) is 0 Å². The minimum Gasteiger partial charge on any atom is -0.493 e. The van der Waals surface area contributed by atoms with E-state index in [1.807, 2.05) is 12.1 Å². The predicted molar refractivity (Wildman–Crippen MR) is 111 cm³/mol. The first kappa shape index (κ1) is 19.0. The maximum absolute atomic E-state index is 12.4. The minimum absolute atomic E-state index is 0.0665. The molecule has 4 rings (SSSR count). The minimum atomic E-state index is 0.0665. The lowest BCUT2D eigenvalue weighted by Crippen LogP contribution is -2.25. The highest BCUT2D eigenvalue weighted by Gasteiger charge is 2.13. The van der Waals surface area contributed by atoms with Crippen molar-refractivity contribution >= 4 is 5.91 Å². The van der Waals surface area contributed by atoms with E-state index in [-0.39, 0.29) is 5.91 Å². The SMILES string of the molecule is O=C(Cc1ccc2c(c1)CCO2)NCc1cccc(CN2CCCCCC2)c1. The summed E-state index contributed by atoms with van der Waals surface area (Å²) in [5.41, 5.74) is 4.78. The summed E-state index contributed by atoms with van der Waals surface area (Å²) in [4.78, 5) is 14.9. The molecule has 28 heavy (non-hydrogen) atoms. The zero-order chi connectivity index (χ0) is 19.2. The second-order valence-corrected chi connectivity index (χ2v) is 8.00. The van der Waals surface area contributed by atoms with E-state index in [0.717, 1.165) is 30.9 Å². The fourth-order valence-corrected chi connectivity index (χ4v) is 4.19. The number of carbonyl (C=O) groups excluding carboxylic acids is 1. The molecule has 1 amide bonds. The summed E-state index contributed by atoms with van der Waals surface area (Å²) < 4.78 is 5.53. The quantitative estimate of drug-likeness (QED) is 0.830. The topological polar surface area (TPSA) is 41.6 Å². The van der Waals surface area contributed by atoms with Gasteiger partial charge in [0, 0.05) is 19.5 Å². The summed E-state index contributed by atoms with van der Waals surface area (Å²) in [5, 5.41) is 3.07. The van der Waals surface area contributed by atoms with Crippen molar-refractivity contribution in [1.29, 1.82) is 0 Å². The van der Waals surface area contributed by atoms with Gasteiger partial charge in [0.15, 0.2) is 0 Å². The molecular weight excluding hydrogens is 348 g/mol. The van der Waals surface area contributed by atoms with Crippen molar-refractivity contribution in [3.63, 3.8) is 0 Å². The van der Waals surface area contributed by atoms with E-state index in [1.165, 1.54) is 55.5 Å². The number of ether oxygens (including phenoxy) is 1. The molecule has 2 heterocycles. The van der Waals surface area contributed by atoms with E-state index in [0.29, 0.717) is 13.0 Å². The third kappa shape index (κ3) is 5.14. The Kier molecular flexibility index (Phi) is 6.27. The lowest BCUT2D eigenvalue weighted by molar-refractivity contribution is -0.120. The van der Waals surface area contributed by atoms with Gasteiger partial charge in [0.1, 0.15) is 5.75 Å². The summed E-state index contributed by atoms with van der Waals surface area (Å²) in [6.45, 7) is 4.75. The Morgan fingerprint density at radius 1 is 0.964 bits per heavy atom. The molecule has 148 valence electrons. The highest BCUT2D eigenvalue weighted by Crippen LogP contribution is 2.26. The van der Waals surface area contributed by atoms with Crippen molar-refractivity contribution < 1.29 is 9.53 Å². The van der Waals surface area contributed by atoms with Crippen LogP contribution in [0.3, 0.4) is 0 Å². The Bertz CT molecular complexity index is 810. The number of carbonyl (C=O) groups is 1. The highest BCUT2D eigenvalue weighted by atomic mass is 16.5. The summed E-state index contributed by atoms with van der Waals surface area (Å²) in [6, 6.07) is 14.7. The second kappa shape index (κ2) is 9.24. The average molecular weight is 379 g/mol. The number of hydrogen-bond donors (Lipinski definition) is 1. The molecule has 4 nitrogen and oxygen atoms in total. The third-order valence-electron chi connectivity index (χ3n) is 5.70. The number of fused-ring (bicyclic) bond motifs is 1. The first-order valence-corrected chi connectivity index (χ1v) is 10.6. The van der Waals surface area contributed by atoms with Gasteiger partial charge in [0.2, 0.25) is 5.91 Å². The molecule has 0 aromatic heterocycles. The van der Waals surface area contributed by atoms with Crippen LogP contribution < -0.4 is 10.1 Å². The number of nitrogens with zero attached hydrogens (tertiary/aromatic N) is 1. The molecule has 2 aliphatic heterocycles. The summed E-state index contributed by atoms with van der Waals surface area (Å²) in [5.74, 6) is 1.03. The number of hydrogen-bond acceptors (Lipinski definition) is 3. The van der Waals surface area contributed by atoms with Crippen LogP contribution in [0.2, 0.25) is 0 Å². The molecule has 2 aliphatic rings. The van der Waals surface area contributed by atoms with Crippen LogP contribution in [0.4, 0.5) is 0 Å². The van der Waals surface area contributed by atoms with Crippen LogP contribution in [0, 0.1) is 0 Å². The van der Waals surface area contributed by atoms with Gasteiger partial charge >= 0.3 is 0 Å². The monoisotopic (exact) mass is 378 g/mol. The summed E-state index contributed by atoms with van der Waals surface area (Å²) >= 11 is 0. The Balaban J connectivity index is 1.28. The van der Waals surface area contributed by atoms with E-state index in [2.05, 4.69) is 40.5 Å². The van der Waals surface area contributed by atoms with Crippen LogP contribution in [0.1, 0.15) is 47.9 Å². The van der Waals surface area contributed by atoms with Crippen LogP contribution >= 0.6 is 0 Å². The first-order chi connectivity index (χ1) is 13.8. The van der Waals surface area contributed by atoms with Crippen molar-refractivity contribution in [3.8, 4) is 5.75 Å². The van der Waals surface area contributed by atoms with Crippen LogP contribution in [-0.4, -0.2) is 30.5 Å². The molecule has 0 radical (unpaired) electrons. The molecule has 1 fully saturated rings. The van der Waals surface area contributed by atoms with E-state index in [1.54, 1.807) is 0 Å². The lowest BCUT2D eigenvalue weighted by Gasteiger charge is -2.20. The number of rotatable bonds is 6. The molecule has 1 N–H and O–H groups in total. The predicted octanol–water partition coefficient (Wildman–Crippen LogP) is 3.86. The number of likely N-dealkylation sites (tertiary alicyclic amines) is 1. The molecule has 0 bridgehead atoms. The second-order valence-electron chi connectivity index (χ2n) is 8.00. The molecule has 0 aliphatic carbocycles. The van der Waals surface area contributed by atoms with E-state index in [9.17, 15) is 4.79 Å². The Morgan fingerprint density at radius 3 is 2.64 bits per heavy atom. The number of amides is 1. The standard InChI is InChI=1S/C24H30N2O2/c27-24(16-19-8-9-23-22(15-19)10-13-28-23)25-17-20-6-5-7-21(14-20)18-26-11-3-1-2-4-12-26/h5-9,14-15H,1-4,10-13,16-18H2,(H,25,27). The van der Waals surface area contributed by atoms with E-state index >= 15 is 0 Å². The zero-order valence-corrected chi connectivity index (χ0v) is 16.6. The Morgan fingerprint density at radius 2 is 1.79 bits per heavy atom. The molecule has 0 saturated carbocycles. The smallest absolute Gasteiger partial charge is 0.224 e. The van der Waals surface area contributed by atoms with Gasteiger partial charge in [-0.2, -0.15) is 0 Å². The van der Waals surface area contributed by atoms with Gasteiger partial charge in [0.25, 0.3) is 0 Å². The molecule has 0 unspecified atom stereocenters. The largest absolute Gasteiger partial charge is 0.493 e. The van der Waals surface area contributed by atoms with Crippen molar-refractivity contribution in [2.24, 2.45) is 0 Å². The highest BCUT2D eigenvalue weighted by molar-refractivity contribution is 5.78. The number of benzene rings is 2. The average Bonchev–Trinajstić information content (AvgIpc) is 3.02. The van der Waals surface area contributed by atoms with Crippen LogP contribution in [-0.2, 0) is 30.7 Å². The molecular formula is C24H30N2O2. The lowest BCUT2D eigenvalue weighted by atomic mass is 10.1. The molecule has 4 heteroatoms. The van der Waals surface area contributed by atoms with Crippen molar-refractivity contribution in [1.82, 2.24) is 10.2 Å². The van der Waals surface area contributed by atoms with Crippen molar-refractivity contribution in [2.45, 2.75) is 51.6 Å². The fraction of sp³-hybridized carbons (Fsp3) is 0.458. The van der Waals surface area contributed by atoms with Crippen molar-refractivity contribution in [2.75, 3.05) is 19.7 Å². The Labute approximate surface area is 167 Å². The molecule has 2 aromatic carbocycles. The zero-order valence-electron chi connectivity index (χ0n) is 16.6. The van der Waals surface area contributed by atoms with Gasteiger partial charge < -0.3 is 10.1 Å². The normalized spacial score (nSPS) is 16.9. The number of nitrogens with one attached hydrogen (secondary N) is 1. The summed E-state index contributed by atoms with van der Waals surface area (Å²) in [6.07, 6.45) is 6.70. The molecule has 1 saturated heterocycles. The third-order valence-corrected chi connectivity index (χ3v) is 5.70. The maximum atomic E-state index is 12.4. The van der Waals surface area contributed by atoms with Gasteiger partial charge in [-0.05, 0) is 54.3 Å². The van der Waals surface area contributed by atoms with E-state index < -0.39 is 0 Å². The van der Waals surface area contributed by atoms with Crippen LogP contribution in [0.5, 0.6) is 5.75 Å². The summed E-state index contributed by atoms with van der Waals surface area (Å²) in [7, 11) is 0. The van der Waals surface area contributed by atoms with Gasteiger partial charge in [-0.1, -0.05) is 49.2 Å².